The molecule has 0 aromatic heterocycles. The van der Waals surface area contributed by atoms with Crippen LogP contribution in [0.1, 0.15) is 57.2 Å². The minimum Gasteiger partial charge on any atom is -0.354 e. The van der Waals surface area contributed by atoms with Crippen LogP contribution >= 0.6 is 0 Å². The zero-order valence-electron chi connectivity index (χ0n) is 18.8. The van der Waals surface area contributed by atoms with Crippen LogP contribution < -0.4 is 15.5 Å². The minimum absolute atomic E-state index is 0.0623. The van der Waals surface area contributed by atoms with Crippen molar-refractivity contribution in [2.75, 3.05) is 46.3 Å². The van der Waals surface area contributed by atoms with E-state index in [9.17, 15) is 9.59 Å². The quantitative estimate of drug-likeness (QED) is 0.539. The van der Waals surface area contributed by atoms with Crippen LogP contribution in [-0.4, -0.2) is 63.0 Å². The van der Waals surface area contributed by atoms with Gasteiger partial charge in [-0.25, -0.2) is 0 Å². The largest absolute Gasteiger partial charge is 0.354 e. The van der Waals surface area contributed by atoms with E-state index in [4.69, 9.17) is 0 Å². The van der Waals surface area contributed by atoms with Gasteiger partial charge in [0, 0.05) is 18.5 Å². The molecule has 1 aromatic rings. The van der Waals surface area contributed by atoms with Crippen molar-refractivity contribution in [1.82, 2.24) is 10.2 Å². The Morgan fingerprint density at radius 1 is 1.10 bits per heavy atom. The Morgan fingerprint density at radius 2 is 1.69 bits per heavy atom. The SMILES string of the molecule is CC[C@@H](C)c1ccc([C@H]([NH2+]CC(=O)N2CC[NH+](CC(=O)NC)CC2)C(C)C)cc1. The van der Waals surface area contributed by atoms with Gasteiger partial charge in [-0.05, 0) is 17.9 Å². The van der Waals surface area contributed by atoms with E-state index in [0.29, 0.717) is 24.9 Å². The molecule has 0 spiro atoms. The smallest absolute Gasteiger partial charge is 0.278 e. The molecular weight excluding hydrogens is 364 g/mol. The summed E-state index contributed by atoms with van der Waals surface area (Å²) < 4.78 is 0. The van der Waals surface area contributed by atoms with Crippen LogP contribution in [-0.2, 0) is 9.59 Å². The maximum Gasteiger partial charge on any atom is 0.278 e. The number of nitrogens with zero attached hydrogens (tertiary/aromatic N) is 1. The number of benzene rings is 1. The van der Waals surface area contributed by atoms with Gasteiger partial charge < -0.3 is 20.4 Å². The van der Waals surface area contributed by atoms with E-state index in [-0.39, 0.29) is 17.9 Å². The summed E-state index contributed by atoms with van der Waals surface area (Å²) in [5, 5.41) is 4.86. The molecule has 0 unspecified atom stereocenters. The monoisotopic (exact) mass is 404 g/mol. The molecule has 6 nitrogen and oxygen atoms in total. The van der Waals surface area contributed by atoms with Crippen molar-refractivity contribution < 1.29 is 19.8 Å². The number of hydrogen-bond donors (Lipinski definition) is 3. The molecule has 2 amide bonds. The van der Waals surface area contributed by atoms with Gasteiger partial charge in [0.2, 0.25) is 0 Å². The highest BCUT2D eigenvalue weighted by atomic mass is 16.2. The highest BCUT2D eigenvalue weighted by Crippen LogP contribution is 2.23. The maximum absolute atomic E-state index is 12.7. The van der Waals surface area contributed by atoms with E-state index in [1.807, 2.05) is 4.90 Å². The van der Waals surface area contributed by atoms with Crippen molar-refractivity contribution in [3.05, 3.63) is 35.4 Å². The summed E-state index contributed by atoms with van der Waals surface area (Å²) in [4.78, 5) is 27.5. The normalized spacial score (nSPS) is 17.2. The van der Waals surface area contributed by atoms with Crippen molar-refractivity contribution in [3.63, 3.8) is 0 Å². The third kappa shape index (κ3) is 6.82. The zero-order valence-corrected chi connectivity index (χ0v) is 18.8. The lowest BCUT2D eigenvalue weighted by Crippen LogP contribution is -3.16. The molecule has 1 saturated heterocycles. The fourth-order valence-electron chi connectivity index (χ4n) is 4.00. The van der Waals surface area contributed by atoms with Crippen LogP contribution in [0.15, 0.2) is 24.3 Å². The van der Waals surface area contributed by atoms with Crippen LogP contribution in [0.25, 0.3) is 0 Å². The number of amides is 2. The van der Waals surface area contributed by atoms with Gasteiger partial charge in [0.1, 0.15) is 6.04 Å². The molecule has 2 rings (SSSR count). The number of hydrogen-bond acceptors (Lipinski definition) is 2. The molecule has 1 heterocycles. The van der Waals surface area contributed by atoms with Crippen molar-refractivity contribution >= 4 is 11.8 Å². The molecule has 4 N–H and O–H groups in total. The molecule has 1 aliphatic rings. The predicted molar refractivity (Wildman–Crippen MR) is 116 cm³/mol. The van der Waals surface area contributed by atoms with Crippen LogP contribution in [0.4, 0.5) is 0 Å². The Balaban J connectivity index is 1.87. The summed E-state index contributed by atoms with van der Waals surface area (Å²) in [6, 6.07) is 9.22. The first-order chi connectivity index (χ1) is 13.8. The van der Waals surface area contributed by atoms with Crippen LogP contribution in [0, 0.1) is 5.92 Å². The van der Waals surface area contributed by atoms with E-state index in [0.717, 1.165) is 32.6 Å². The fourth-order valence-corrected chi connectivity index (χ4v) is 4.00. The van der Waals surface area contributed by atoms with E-state index in [1.165, 1.54) is 16.0 Å². The lowest BCUT2D eigenvalue weighted by atomic mass is 9.92. The summed E-state index contributed by atoms with van der Waals surface area (Å²) in [6.07, 6.45) is 1.14. The van der Waals surface area contributed by atoms with E-state index >= 15 is 0 Å². The van der Waals surface area contributed by atoms with Gasteiger partial charge in [0.25, 0.3) is 11.8 Å². The molecule has 0 aliphatic carbocycles. The Labute approximate surface area is 176 Å². The summed E-state index contributed by atoms with van der Waals surface area (Å²) in [6.45, 7) is 13.0. The number of rotatable bonds is 9. The van der Waals surface area contributed by atoms with Crippen molar-refractivity contribution in [2.24, 2.45) is 5.92 Å². The molecule has 0 saturated carbocycles. The first-order valence-corrected chi connectivity index (χ1v) is 11.1. The standard InChI is InChI=1S/C23H38N4O2/c1-6-18(4)19-7-9-20(10-8-19)23(17(2)3)25-15-22(29)27-13-11-26(12-14-27)16-21(28)24-5/h7-10,17-18,23,25H,6,11-16H2,1-5H3,(H,24,28)/p+2/t18-,23-/m1/s1. The Morgan fingerprint density at radius 3 is 2.21 bits per heavy atom. The maximum atomic E-state index is 12.7. The van der Waals surface area contributed by atoms with Crippen molar-refractivity contribution in [2.45, 2.75) is 46.1 Å². The second-order valence-electron chi connectivity index (χ2n) is 8.67. The molecule has 1 fully saturated rings. The van der Waals surface area contributed by atoms with Crippen molar-refractivity contribution in [1.29, 1.82) is 0 Å². The number of piperazine rings is 1. The summed E-state index contributed by atoms with van der Waals surface area (Å²) >= 11 is 0. The topological polar surface area (TPSA) is 70.5 Å². The predicted octanol–water partition coefficient (Wildman–Crippen LogP) is -0.0663. The molecule has 1 aliphatic heterocycles. The van der Waals surface area contributed by atoms with E-state index in [1.54, 1.807) is 7.05 Å². The van der Waals surface area contributed by atoms with Crippen LogP contribution in [0.2, 0.25) is 0 Å². The van der Waals surface area contributed by atoms with Gasteiger partial charge in [0.15, 0.2) is 13.1 Å². The summed E-state index contributed by atoms with van der Waals surface area (Å²) in [7, 11) is 1.67. The molecular formula is C23H40N4O2+2. The second kappa shape index (κ2) is 11.3. The van der Waals surface area contributed by atoms with Gasteiger partial charge in [-0.1, -0.05) is 52.0 Å². The Hall–Kier alpha value is -1.92. The van der Waals surface area contributed by atoms with Gasteiger partial charge in [-0.3, -0.25) is 9.59 Å². The van der Waals surface area contributed by atoms with Gasteiger partial charge >= 0.3 is 0 Å². The molecule has 1 aromatic carbocycles. The first kappa shape index (κ1) is 23.4. The molecule has 0 radical (unpaired) electrons. The number of quaternary nitrogens is 2. The molecule has 29 heavy (non-hydrogen) atoms. The minimum atomic E-state index is 0.0623. The van der Waals surface area contributed by atoms with E-state index < -0.39 is 0 Å². The van der Waals surface area contributed by atoms with Crippen LogP contribution in [0.5, 0.6) is 0 Å². The van der Waals surface area contributed by atoms with Crippen molar-refractivity contribution in [3.8, 4) is 0 Å². The van der Waals surface area contributed by atoms with Gasteiger partial charge in [-0.2, -0.15) is 0 Å². The number of nitrogens with one attached hydrogen (secondary N) is 2. The highest BCUT2D eigenvalue weighted by Gasteiger charge is 2.27. The highest BCUT2D eigenvalue weighted by molar-refractivity contribution is 5.77. The van der Waals surface area contributed by atoms with E-state index in [2.05, 4.69) is 62.6 Å². The lowest BCUT2D eigenvalue weighted by Gasteiger charge is -2.31. The number of likely N-dealkylation sites (N-methyl/N-ethyl adjacent to an activating group) is 1. The third-order valence-corrected chi connectivity index (χ3v) is 6.28. The second-order valence-corrected chi connectivity index (χ2v) is 8.67. The summed E-state index contributed by atoms with van der Waals surface area (Å²) in [5.74, 6) is 1.29. The number of nitrogens with two attached hydrogens (primary N) is 1. The number of carbonyl (C=O) groups excluding carboxylic acids is 2. The molecule has 0 bridgehead atoms. The average Bonchev–Trinajstić information content (AvgIpc) is 2.73. The number of carbonyl (C=O) groups is 2. The fraction of sp³-hybridized carbons (Fsp3) is 0.652. The summed E-state index contributed by atoms with van der Waals surface area (Å²) in [5.41, 5.74) is 2.67. The lowest BCUT2D eigenvalue weighted by molar-refractivity contribution is -0.896. The van der Waals surface area contributed by atoms with Gasteiger partial charge in [0.05, 0.1) is 26.2 Å². The van der Waals surface area contributed by atoms with Gasteiger partial charge in [-0.15, -0.1) is 0 Å². The van der Waals surface area contributed by atoms with Crippen LogP contribution in [0.3, 0.4) is 0 Å². The first-order valence-electron chi connectivity index (χ1n) is 11.1. The Kier molecular flexibility index (Phi) is 9.11. The third-order valence-electron chi connectivity index (χ3n) is 6.28. The average molecular weight is 405 g/mol. The molecule has 2 atom stereocenters. The zero-order chi connectivity index (χ0) is 21.4. The molecule has 162 valence electrons. The molecule has 6 heteroatoms. The Bertz CT molecular complexity index is 651.